The van der Waals surface area contributed by atoms with Gasteiger partial charge < -0.3 is 14.6 Å². The molecule has 4 heteroatoms. The highest BCUT2D eigenvalue weighted by Crippen LogP contribution is 2.35. The highest BCUT2D eigenvalue weighted by molar-refractivity contribution is 5.33. The third kappa shape index (κ3) is 2.58. The third-order valence-electron chi connectivity index (χ3n) is 3.25. The Labute approximate surface area is 101 Å². The quantitative estimate of drug-likeness (QED) is 0.862. The number of aliphatic hydroxyl groups is 1. The van der Waals surface area contributed by atoms with Crippen LogP contribution in [0.4, 0.5) is 4.39 Å². The summed E-state index contributed by atoms with van der Waals surface area (Å²) in [6.45, 7) is 3.63. The van der Waals surface area contributed by atoms with Crippen molar-refractivity contribution >= 4 is 0 Å². The summed E-state index contributed by atoms with van der Waals surface area (Å²) >= 11 is 0. The van der Waals surface area contributed by atoms with Gasteiger partial charge in [0.05, 0.1) is 12.7 Å². The Kier molecular flexibility index (Phi) is 4.48. The van der Waals surface area contributed by atoms with Crippen molar-refractivity contribution in [2.24, 2.45) is 0 Å². The molecule has 2 unspecified atom stereocenters. The van der Waals surface area contributed by atoms with Crippen LogP contribution in [0.3, 0.4) is 0 Å². The highest BCUT2D eigenvalue weighted by atomic mass is 19.1. The molecule has 17 heavy (non-hydrogen) atoms. The van der Waals surface area contributed by atoms with Crippen LogP contribution in [-0.2, 0) is 4.74 Å². The molecule has 0 fully saturated rings. The molecule has 0 spiro atoms. The summed E-state index contributed by atoms with van der Waals surface area (Å²) in [5.41, 5.74) is -0.622. The molecule has 2 atom stereocenters. The van der Waals surface area contributed by atoms with E-state index in [1.54, 1.807) is 13.0 Å². The summed E-state index contributed by atoms with van der Waals surface area (Å²) in [5, 5.41) is 10.2. The van der Waals surface area contributed by atoms with E-state index >= 15 is 0 Å². The minimum Gasteiger partial charge on any atom is -0.494 e. The maximum absolute atomic E-state index is 14.0. The number of hydrogen-bond acceptors (Lipinski definition) is 3. The molecular formula is C13H19FO3. The monoisotopic (exact) mass is 242 g/mol. The molecule has 1 rings (SSSR count). The summed E-state index contributed by atoms with van der Waals surface area (Å²) in [4.78, 5) is 0. The van der Waals surface area contributed by atoms with Crippen molar-refractivity contribution in [2.75, 3.05) is 14.2 Å². The molecule has 0 aliphatic heterocycles. The van der Waals surface area contributed by atoms with Gasteiger partial charge in [-0.25, -0.2) is 4.39 Å². The number of rotatable bonds is 5. The van der Waals surface area contributed by atoms with Gasteiger partial charge >= 0.3 is 0 Å². The molecule has 0 bridgehead atoms. The molecule has 1 aromatic rings. The van der Waals surface area contributed by atoms with Crippen LogP contribution in [-0.4, -0.2) is 24.9 Å². The van der Waals surface area contributed by atoms with E-state index in [1.807, 2.05) is 6.92 Å². The molecule has 0 radical (unpaired) electrons. The smallest absolute Gasteiger partial charge is 0.170 e. The van der Waals surface area contributed by atoms with E-state index in [9.17, 15) is 9.50 Å². The lowest BCUT2D eigenvalue weighted by Crippen LogP contribution is -2.35. The number of methoxy groups -OCH3 is 2. The van der Waals surface area contributed by atoms with Crippen LogP contribution in [0.25, 0.3) is 0 Å². The lowest BCUT2D eigenvalue weighted by atomic mass is 9.90. The maximum Gasteiger partial charge on any atom is 0.170 e. The van der Waals surface area contributed by atoms with E-state index in [4.69, 9.17) is 9.47 Å². The Morgan fingerprint density at radius 1 is 1.41 bits per heavy atom. The zero-order valence-corrected chi connectivity index (χ0v) is 10.7. The fourth-order valence-electron chi connectivity index (χ4n) is 1.67. The van der Waals surface area contributed by atoms with Crippen molar-refractivity contribution in [3.05, 3.63) is 29.6 Å². The van der Waals surface area contributed by atoms with Crippen LogP contribution < -0.4 is 4.74 Å². The molecule has 0 amide bonds. The van der Waals surface area contributed by atoms with Gasteiger partial charge in [-0.3, -0.25) is 0 Å². The van der Waals surface area contributed by atoms with Crippen LogP contribution in [0.2, 0.25) is 0 Å². The minimum absolute atomic E-state index is 0.121. The van der Waals surface area contributed by atoms with Crippen molar-refractivity contribution in [3.8, 4) is 5.75 Å². The lowest BCUT2D eigenvalue weighted by Gasteiger charge is -2.32. The number of ether oxygens (including phenoxy) is 2. The molecule has 0 saturated carbocycles. The maximum atomic E-state index is 14.0. The first-order valence-electron chi connectivity index (χ1n) is 5.55. The summed E-state index contributed by atoms with van der Waals surface area (Å²) in [7, 11) is 2.90. The number of hydrogen-bond donors (Lipinski definition) is 1. The predicted molar refractivity (Wildman–Crippen MR) is 63.6 cm³/mol. The molecule has 96 valence electrons. The zero-order chi connectivity index (χ0) is 13.1. The van der Waals surface area contributed by atoms with E-state index in [-0.39, 0.29) is 11.3 Å². The van der Waals surface area contributed by atoms with Crippen molar-refractivity contribution in [3.63, 3.8) is 0 Å². The molecule has 0 heterocycles. The minimum atomic E-state index is -1.03. The molecule has 3 nitrogen and oxygen atoms in total. The summed E-state index contributed by atoms with van der Waals surface area (Å²) in [5.74, 6) is -0.421. The Hall–Kier alpha value is -1.13. The van der Waals surface area contributed by atoms with Gasteiger partial charge in [0.25, 0.3) is 0 Å². The van der Waals surface area contributed by atoms with Gasteiger partial charge in [-0.1, -0.05) is 19.1 Å². The first-order chi connectivity index (χ1) is 8.00. The van der Waals surface area contributed by atoms with Gasteiger partial charge in [-0.15, -0.1) is 0 Å². The van der Waals surface area contributed by atoms with Crippen LogP contribution in [0.1, 0.15) is 31.9 Å². The Morgan fingerprint density at radius 3 is 2.53 bits per heavy atom. The fraction of sp³-hybridized carbons (Fsp3) is 0.538. The van der Waals surface area contributed by atoms with E-state index in [0.29, 0.717) is 6.42 Å². The lowest BCUT2D eigenvalue weighted by molar-refractivity contribution is -0.0956. The Morgan fingerprint density at radius 2 is 2.06 bits per heavy atom. The summed E-state index contributed by atoms with van der Waals surface area (Å²) < 4.78 is 24.1. The van der Waals surface area contributed by atoms with Crippen LogP contribution in [0, 0.1) is 5.82 Å². The standard InChI is InChI=1S/C13H19FO3/c1-5-13(2,17-4)12(15)9-7-6-8-10(16-3)11(9)14/h6-8,12,15H,5H2,1-4H3. The number of aliphatic hydroxyl groups excluding tert-OH is 1. The van der Waals surface area contributed by atoms with Crippen LogP contribution in [0.5, 0.6) is 5.75 Å². The van der Waals surface area contributed by atoms with Gasteiger partial charge in [-0.05, 0) is 19.4 Å². The molecule has 0 aliphatic carbocycles. The van der Waals surface area contributed by atoms with E-state index in [1.165, 1.54) is 26.4 Å². The van der Waals surface area contributed by atoms with Crippen molar-refractivity contribution in [2.45, 2.75) is 32.0 Å². The van der Waals surface area contributed by atoms with Crippen LogP contribution in [0.15, 0.2) is 18.2 Å². The van der Waals surface area contributed by atoms with Gasteiger partial charge in [-0.2, -0.15) is 0 Å². The molecule has 0 saturated heterocycles. The first kappa shape index (κ1) is 13.9. The summed E-state index contributed by atoms with van der Waals surface area (Å²) in [6, 6.07) is 4.70. The molecule has 0 aromatic heterocycles. The topological polar surface area (TPSA) is 38.7 Å². The number of benzene rings is 1. The SMILES string of the molecule is CCC(C)(OC)C(O)c1cccc(OC)c1F. The van der Waals surface area contributed by atoms with Crippen LogP contribution >= 0.6 is 0 Å². The van der Waals surface area contributed by atoms with E-state index in [0.717, 1.165) is 0 Å². The molecular weight excluding hydrogens is 223 g/mol. The van der Waals surface area contributed by atoms with E-state index in [2.05, 4.69) is 0 Å². The largest absolute Gasteiger partial charge is 0.494 e. The average molecular weight is 242 g/mol. The third-order valence-corrected chi connectivity index (χ3v) is 3.25. The molecule has 1 aromatic carbocycles. The Balaban J connectivity index is 3.16. The predicted octanol–water partition coefficient (Wildman–Crippen LogP) is 2.68. The van der Waals surface area contributed by atoms with Crippen molar-refractivity contribution in [1.82, 2.24) is 0 Å². The average Bonchev–Trinajstić information content (AvgIpc) is 2.37. The van der Waals surface area contributed by atoms with Gasteiger partial charge in [0.1, 0.15) is 6.10 Å². The van der Waals surface area contributed by atoms with Gasteiger partial charge in [0, 0.05) is 12.7 Å². The highest BCUT2D eigenvalue weighted by Gasteiger charge is 2.34. The van der Waals surface area contributed by atoms with Gasteiger partial charge in [0.15, 0.2) is 11.6 Å². The molecule has 0 aliphatic rings. The normalized spacial score (nSPS) is 16.4. The molecule has 1 N–H and O–H groups in total. The zero-order valence-electron chi connectivity index (χ0n) is 10.7. The first-order valence-corrected chi connectivity index (χ1v) is 5.55. The van der Waals surface area contributed by atoms with E-state index < -0.39 is 17.5 Å². The van der Waals surface area contributed by atoms with Crippen molar-refractivity contribution < 1.29 is 19.0 Å². The second kappa shape index (κ2) is 5.47. The fourth-order valence-corrected chi connectivity index (χ4v) is 1.67. The van der Waals surface area contributed by atoms with Gasteiger partial charge in [0.2, 0.25) is 0 Å². The second-order valence-electron chi connectivity index (χ2n) is 4.14. The second-order valence-corrected chi connectivity index (χ2v) is 4.14. The number of halogens is 1. The summed E-state index contributed by atoms with van der Waals surface area (Å²) in [6.07, 6.45) is -0.464. The van der Waals surface area contributed by atoms with Crippen molar-refractivity contribution in [1.29, 1.82) is 0 Å². The Bertz CT molecular complexity index is 375.